The lowest BCUT2D eigenvalue weighted by Crippen LogP contribution is -2.11. The van der Waals surface area contributed by atoms with Crippen LogP contribution in [-0.4, -0.2) is 23.7 Å². The molecule has 0 aromatic heterocycles. The van der Waals surface area contributed by atoms with E-state index in [1.165, 1.54) is 11.1 Å². The molecule has 0 unspecified atom stereocenters. The first kappa shape index (κ1) is 11.4. The van der Waals surface area contributed by atoms with Crippen molar-refractivity contribution in [1.82, 2.24) is 4.90 Å². The van der Waals surface area contributed by atoms with Gasteiger partial charge in [0.15, 0.2) is 0 Å². The lowest BCUT2D eigenvalue weighted by Gasteiger charge is -2.06. The first-order valence-corrected chi connectivity index (χ1v) is 5.88. The maximum atomic E-state index is 11.4. The maximum absolute atomic E-state index is 11.4. The zero-order valence-corrected chi connectivity index (χ0v) is 10.0. The molecule has 1 amide bonds. The van der Waals surface area contributed by atoms with E-state index in [1.54, 1.807) is 0 Å². The van der Waals surface area contributed by atoms with Gasteiger partial charge in [0.05, 0.1) is 0 Å². The van der Waals surface area contributed by atoms with Gasteiger partial charge in [-0.3, -0.25) is 9.69 Å². The van der Waals surface area contributed by atoms with E-state index in [0.29, 0.717) is 12.3 Å². The van der Waals surface area contributed by atoms with Crippen molar-refractivity contribution in [2.24, 2.45) is 0 Å². The normalized spacial score (nSPS) is 14.9. The molecule has 0 spiro atoms. The third-order valence-corrected chi connectivity index (χ3v) is 2.88. The van der Waals surface area contributed by atoms with Crippen molar-refractivity contribution in [2.45, 2.75) is 19.5 Å². The van der Waals surface area contributed by atoms with E-state index in [1.807, 2.05) is 12.1 Å². The quantitative estimate of drug-likeness (QED) is 0.819. The van der Waals surface area contributed by atoms with Crippen LogP contribution in [-0.2, 0) is 17.9 Å². The van der Waals surface area contributed by atoms with Gasteiger partial charge in [-0.2, -0.15) is 0 Å². The second-order valence-corrected chi connectivity index (χ2v) is 4.52. The highest BCUT2D eigenvalue weighted by atomic mass is 35.5. The van der Waals surface area contributed by atoms with Crippen LogP contribution >= 0.6 is 11.6 Å². The van der Waals surface area contributed by atoms with Gasteiger partial charge in [0.1, 0.15) is 0 Å². The molecule has 1 N–H and O–H groups in total. The SMILES string of the molecule is CN1Cc2ccc(NC(=O)CCCl)cc2C1. The van der Waals surface area contributed by atoms with Crippen LogP contribution < -0.4 is 5.32 Å². The molecule has 1 aromatic carbocycles. The van der Waals surface area contributed by atoms with Crippen molar-refractivity contribution >= 4 is 23.2 Å². The minimum atomic E-state index is -0.0266. The lowest BCUT2D eigenvalue weighted by molar-refractivity contribution is -0.115. The highest BCUT2D eigenvalue weighted by molar-refractivity contribution is 6.19. The van der Waals surface area contributed by atoms with Crippen molar-refractivity contribution < 1.29 is 4.79 Å². The average molecular weight is 239 g/mol. The molecule has 0 fully saturated rings. The molecule has 0 saturated carbocycles. The Balaban J connectivity index is 2.08. The number of anilines is 1. The van der Waals surface area contributed by atoms with E-state index < -0.39 is 0 Å². The molecule has 1 aliphatic heterocycles. The second-order valence-electron chi connectivity index (χ2n) is 4.14. The summed E-state index contributed by atoms with van der Waals surface area (Å²) in [4.78, 5) is 13.6. The van der Waals surface area contributed by atoms with Crippen LogP contribution in [0.3, 0.4) is 0 Å². The number of nitrogens with zero attached hydrogens (tertiary/aromatic N) is 1. The summed E-state index contributed by atoms with van der Waals surface area (Å²) in [6.07, 6.45) is 0.360. The number of fused-ring (bicyclic) bond motifs is 1. The highest BCUT2D eigenvalue weighted by Crippen LogP contribution is 2.24. The van der Waals surface area contributed by atoms with E-state index in [4.69, 9.17) is 11.6 Å². The molecular weight excluding hydrogens is 224 g/mol. The van der Waals surface area contributed by atoms with Gasteiger partial charge in [0.2, 0.25) is 5.91 Å². The number of carbonyl (C=O) groups excluding carboxylic acids is 1. The summed E-state index contributed by atoms with van der Waals surface area (Å²) in [7, 11) is 2.09. The molecule has 0 bridgehead atoms. The van der Waals surface area contributed by atoms with E-state index in [2.05, 4.69) is 23.3 Å². The van der Waals surface area contributed by atoms with Crippen molar-refractivity contribution in [1.29, 1.82) is 0 Å². The van der Waals surface area contributed by atoms with Gasteiger partial charge in [-0.1, -0.05) is 6.07 Å². The third-order valence-electron chi connectivity index (χ3n) is 2.69. The molecule has 1 aliphatic rings. The Bertz CT molecular complexity index is 406. The first-order chi connectivity index (χ1) is 7.69. The zero-order chi connectivity index (χ0) is 11.5. The summed E-state index contributed by atoms with van der Waals surface area (Å²) in [5.74, 6) is 0.334. The van der Waals surface area contributed by atoms with Gasteiger partial charge in [-0.25, -0.2) is 0 Å². The minimum Gasteiger partial charge on any atom is -0.326 e. The number of benzene rings is 1. The maximum Gasteiger partial charge on any atom is 0.225 e. The molecule has 4 heteroatoms. The van der Waals surface area contributed by atoms with E-state index >= 15 is 0 Å². The topological polar surface area (TPSA) is 32.3 Å². The molecule has 2 rings (SSSR count). The van der Waals surface area contributed by atoms with Gasteiger partial charge in [0.25, 0.3) is 0 Å². The Morgan fingerprint density at radius 3 is 2.94 bits per heavy atom. The minimum absolute atomic E-state index is 0.0266. The number of alkyl halides is 1. The Morgan fingerprint density at radius 2 is 2.19 bits per heavy atom. The van der Waals surface area contributed by atoms with Gasteiger partial charge < -0.3 is 5.32 Å². The number of amides is 1. The van der Waals surface area contributed by atoms with E-state index in [9.17, 15) is 4.79 Å². The smallest absolute Gasteiger partial charge is 0.225 e. The zero-order valence-electron chi connectivity index (χ0n) is 9.29. The first-order valence-electron chi connectivity index (χ1n) is 5.35. The number of carbonyl (C=O) groups is 1. The van der Waals surface area contributed by atoms with Crippen LogP contribution in [0.4, 0.5) is 5.69 Å². The number of hydrogen-bond donors (Lipinski definition) is 1. The second kappa shape index (κ2) is 4.85. The van der Waals surface area contributed by atoms with Crippen LogP contribution in [0.1, 0.15) is 17.5 Å². The highest BCUT2D eigenvalue weighted by Gasteiger charge is 2.15. The fraction of sp³-hybridized carbons (Fsp3) is 0.417. The standard InChI is InChI=1S/C12H15ClN2O/c1-15-7-9-2-3-11(6-10(9)8-15)14-12(16)4-5-13/h2-3,6H,4-5,7-8H2,1H3,(H,14,16). The van der Waals surface area contributed by atoms with Crippen molar-refractivity contribution in [3.05, 3.63) is 29.3 Å². The van der Waals surface area contributed by atoms with Crippen LogP contribution in [0, 0.1) is 0 Å². The summed E-state index contributed by atoms with van der Waals surface area (Å²) in [6.45, 7) is 1.94. The lowest BCUT2D eigenvalue weighted by atomic mass is 10.1. The molecule has 0 aliphatic carbocycles. The van der Waals surface area contributed by atoms with Crippen LogP contribution in [0.25, 0.3) is 0 Å². The summed E-state index contributed by atoms with van der Waals surface area (Å²) in [6, 6.07) is 6.07. The fourth-order valence-electron chi connectivity index (χ4n) is 1.95. The summed E-state index contributed by atoms with van der Waals surface area (Å²) < 4.78 is 0. The molecule has 0 saturated heterocycles. The molecule has 1 heterocycles. The Morgan fingerprint density at radius 1 is 1.44 bits per heavy atom. The number of nitrogens with one attached hydrogen (secondary N) is 1. The molecule has 0 radical (unpaired) electrons. The van der Waals surface area contributed by atoms with Crippen molar-refractivity contribution in [2.75, 3.05) is 18.2 Å². The van der Waals surface area contributed by atoms with E-state index in [0.717, 1.165) is 18.8 Å². The van der Waals surface area contributed by atoms with E-state index in [-0.39, 0.29) is 5.91 Å². The molecule has 0 atom stereocenters. The van der Waals surface area contributed by atoms with Crippen LogP contribution in [0.5, 0.6) is 0 Å². The Hall–Kier alpha value is -1.06. The van der Waals surface area contributed by atoms with Crippen LogP contribution in [0.2, 0.25) is 0 Å². The third kappa shape index (κ3) is 2.54. The number of rotatable bonds is 3. The Kier molecular flexibility index (Phi) is 3.46. The van der Waals surface area contributed by atoms with Crippen molar-refractivity contribution in [3.63, 3.8) is 0 Å². The predicted molar refractivity (Wildman–Crippen MR) is 65.6 cm³/mol. The van der Waals surface area contributed by atoms with Gasteiger partial charge in [0, 0.05) is 31.1 Å². The van der Waals surface area contributed by atoms with Gasteiger partial charge in [-0.05, 0) is 30.3 Å². The number of halogens is 1. The van der Waals surface area contributed by atoms with Crippen molar-refractivity contribution in [3.8, 4) is 0 Å². The molecule has 1 aromatic rings. The summed E-state index contributed by atoms with van der Waals surface area (Å²) >= 11 is 5.51. The fourth-order valence-corrected chi connectivity index (χ4v) is 2.12. The molecule has 3 nitrogen and oxygen atoms in total. The molecule has 16 heavy (non-hydrogen) atoms. The number of hydrogen-bond acceptors (Lipinski definition) is 2. The summed E-state index contributed by atoms with van der Waals surface area (Å²) in [5, 5.41) is 2.85. The Labute approximate surface area is 100 Å². The van der Waals surface area contributed by atoms with Crippen LogP contribution in [0.15, 0.2) is 18.2 Å². The van der Waals surface area contributed by atoms with Gasteiger partial charge >= 0.3 is 0 Å². The largest absolute Gasteiger partial charge is 0.326 e. The average Bonchev–Trinajstić information content (AvgIpc) is 2.57. The molecular formula is C12H15ClN2O. The summed E-state index contributed by atoms with van der Waals surface area (Å²) in [5.41, 5.74) is 3.51. The monoisotopic (exact) mass is 238 g/mol. The van der Waals surface area contributed by atoms with Gasteiger partial charge in [-0.15, -0.1) is 11.6 Å². The predicted octanol–water partition coefficient (Wildman–Crippen LogP) is 2.20. The molecule has 86 valence electrons.